The summed E-state index contributed by atoms with van der Waals surface area (Å²) in [5.74, 6) is -0.872. The Morgan fingerprint density at radius 3 is 2.30 bits per heavy atom. The van der Waals surface area contributed by atoms with Crippen molar-refractivity contribution in [3.05, 3.63) is 24.3 Å². The van der Waals surface area contributed by atoms with Crippen LogP contribution in [0.25, 0.3) is 0 Å². The molecule has 8 nitrogen and oxygen atoms in total. The van der Waals surface area contributed by atoms with E-state index in [1.807, 2.05) is 0 Å². The van der Waals surface area contributed by atoms with Crippen molar-refractivity contribution in [2.24, 2.45) is 5.92 Å². The molecule has 1 N–H and O–H groups in total. The Balaban J connectivity index is 1.43. The van der Waals surface area contributed by atoms with E-state index in [2.05, 4.69) is 10.1 Å². The summed E-state index contributed by atoms with van der Waals surface area (Å²) in [6, 6.07) is 5.16. The summed E-state index contributed by atoms with van der Waals surface area (Å²) < 4.78 is 68.2. The Kier molecular flexibility index (Phi) is 7.21. The number of alkyl halides is 3. The normalized spacial score (nSPS) is 21.2. The molecular formula is C18H21F3N2O6S. The summed E-state index contributed by atoms with van der Waals surface area (Å²) >= 11 is 0. The summed E-state index contributed by atoms with van der Waals surface area (Å²) in [6.07, 6.45) is -3.21. The first-order chi connectivity index (χ1) is 14.2. The molecule has 0 saturated carbocycles. The zero-order chi connectivity index (χ0) is 21.7. The monoisotopic (exact) mass is 450 g/mol. The molecule has 2 aliphatic rings. The standard InChI is InChI=1S/C18H21F3N2O6S/c19-18(20,21)28-15-3-1-13(2-4-15)27-14-6-9-23(10-7-14)29-17(24)12-5-8-22-16(11-12)30(25)26/h1-4,12,14,22H,5-11H2. The van der Waals surface area contributed by atoms with E-state index in [0.717, 1.165) is 0 Å². The van der Waals surface area contributed by atoms with Crippen LogP contribution in [0, 0.1) is 5.92 Å². The Bertz CT molecular complexity index is 872. The number of carbonyl (C=O) groups is 1. The number of hydrogen-bond donors (Lipinski definition) is 1. The summed E-state index contributed by atoms with van der Waals surface area (Å²) in [7, 11) is -2.37. The molecule has 0 aliphatic carbocycles. The third kappa shape index (κ3) is 6.61. The van der Waals surface area contributed by atoms with Gasteiger partial charge >= 0.3 is 12.3 Å². The fraction of sp³-hybridized carbons (Fsp3) is 0.556. The van der Waals surface area contributed by atoms with E-state index in [-0.39, 0.29) is 23.3 Å². The Labute approximate surface area is 172 Å². The molecule has 2 aliphatic heterocycles. The lowest BCUT2D eigenvalue weighted by atomic mass is 9.98. The van der Waals surface area contributed by atoms with Crippen molar-refractivity contribution >= 4 is 21.3 Å². The first-order valence-corrected chi connectivity index (χ1v) is 10.5. The van der Waals surface area contributed by atoms with Crippen LogP contribution >= 0.6 is 0 Å². The van der Waals surface area contributed by atoms with Crippen LogP contribution in [0.5, 0.6) is 11.5 Å². The van der Waals surface area contributed by atoms with Gasteiger partial charge in [0.25, 0.3) is 0 Å². The average molecular weight is 450 g/mol. The number of hydroxylamine groups is 2. The van der Waals surface area contributed by atoms with Crippen LogP contribution in [0.15, 0.2) is 24.3 Å². The topological polar surface area (TPSA) is 94.2 Å². The molecule has 0 aromatic heterocycles. The maximum absolute atomic E-state index is 12.3. The van der Waals surface area contributed by atoms with Crippen molar-refractivity contribution in [3.63, 3.8) is 0 Å². The van der Waals surface area contributed by atoms with Gasteiger partial charge in [0.15, 0.2) is 0 Å². The zero-order valence-corrected chi connectivity index (χ0v) is 16.7. The average Bonchev–Trinajstić information content (AvgIpc) is 2.70. The molecule has 2 heterocycles. The van der Waals surface area contributed by atoms with Gasteiger partial charge in [0.1, 0.15) is 22.6 Å². The van der Waals surface area contributed by atoms with Crippen LogP contribution in [-0.2, 0) is 19.9 Å². The SMILES string of the molecule is O=C(ON1CCC(Oc2ccc(OC(F)(F)F)cc2)CC1)C1CCNC(=S(=O)=O)C1. The van der Waals surface area contributed by atoms with Gasteiger partial charge in [0, 0.05) is 38.9 Å². The highest BCUT2D eigenvalue weighted by Gasteiger charge is 2.32. The van der Waals surface area contributed by atoms with Gasteiger partial charge in [-0.15, -0.1) is 18.2 Å². The quantitative estimate of drug-likeness (QED) is 0.680. The second-order valence-corrected chi connectivity index (χ2v) is 7.91. The van der Waals surface area contributed by atoms with Gasteiger partial charge in [0.2, 0.25) is 10.3 Å². The molecule has 2 saturated heterocycles. The second kappa shape index (κ2) is 9.67. The van der Waals surface area contributed by atoms with Crippen LogP contribution in [0.4, 0.5) is 13.2 Å². The summed E-state index contributed by atoms with van der Waals surface area (Å²) in [5.41, 5.74) is 0. The van der Waals surface area contributed by atoms with Gasteiger partial charge in [-0.3, -0.25) is 10.1 Å². The third-order valence-corrected chi connectivity index (χ3v) is 5.47. The molecule has 1 atom stereocenters. The van der Waals surface area contributed by atoms with Crippen molar-refractivity contribution in [3.8, 4) is 11.5 Å². The minimum Gasteiger partial charge on any atom is -0.490 e. The van der Waals surface area contributed by atoms with E-state index >= 15 is 0 Å². The van der Waals surface area contributed by atoms with E-state index in [4.69, 9.17) is 9.57 Å². The highest BCUT2D eigenvalue weighted by atomic mass is 32.2. The van der Waals surface area contributed by atoms with Crippen LogP contribution < -0.4 is 14.8 Å². The van der Waals surface area contributed by atoms with E-state index in [1.54, 1.807) is 0 Å². The number of piperidine rings is 2. The van der Waals surface area contributed by atoms with E-state index in [0.29, 0.717) is 44.6 Å². The van der Waals surface area contributed by atoms with Gasteiger partial charge in [0.05, 0.1) is 5.92 Å². The molecule has 1 aromatic rings. The van der Waals surface area contributed by atoms with Crippen molar-refractivity contribution in [1.82, 2.24) is 10.4 Å². The first-order valence-electron chi connectivity index (χ1n) is 9.38. The Hall–Kier alpha value is -2.31. The third-order valence-electron chi connectivity index (χ3n) is 4.76. The molecule has 2 fully saturated rings. The zero-order valence-electron chi connectivity index (χ0n) is 15.9. The smallest absolute Gasteiger partial charge is 0.490 e. The second-order valence-electron chi connectivity index (χ2n) is 6.95. The predicted octanol–water partition coefficient (Wildman–Crippen LogP) is 1.90. The van der Waals surface area contributed by atoms with Crippen molar-refractivity contribution < 1.29 is 40.7 Å². The molecule has 1 aromatic carbocycles. The van der Waals surface area contributed by atoms with Gasteiger partial charge in [-0.25, -0.2) is 0 Å². The predicted molar refractivity (Wildman–Crippen MR) is 99.1 cm³/mol. The number of rotatable bonds is 5. The summed E-state index contributed by atoms with van der Waals surface area (Å²) in [5, 5.41) is 4.28. The molecular weight excluding hydrogens is 429 g/mol. The van der Waals surface area contributed by atoms with Crippen molar-refractivity contribution in [2.45, 2.75) is 38.1 Å². The number of nitrogens with one attached hydrogen (secondary N) is 1. The van der Waals surface area contributed by atoms with Gasteiger partial charge in [-0.05, 0) is 30.7 Å². The number of benzene rings is 1. The van der Waals surface area contributed by atoms with Gasteiger partial charge in [-0.2, -0.15) is 8.42 Å². The molecule has 166 valence electrons. The summed E-state index contributed by atoms with van der Waals surface area (Å²) in [4.78, 5) is 17.8. The molecule has 3 rings (SSSR count). The minimum absolute atomic E-state index is 0.0998. The van der Waals surface area contributed by atoms with Crippen molar-refractivity contribution in [1.29, 1.82) is 0 Å². The largest absolute Gasteiger partial charge is 0.573 e. The minimum atomic E-state index is -4.74. The summed E-state index contributed by atoms with van der Waals surface area (Å²) in [6.45, 7) is 1.26. The number of ether oxygens (including phenoxy) is 2. The van der Waals surface area contributed by atoms with E-state index in [1.165, 1.54) is 29.3 Å². The molecule has 0 radical (unpaired) electrons. The highest BCUT2D eigenvalue weighted by Crippen LogP contribution is 2.26. The Morgan fingerprint density at radius 1 is 1.07 bits per heavy atom. The van der Waals surface area contributed by atoms with Crippen LogP contribution in [0.2, 0.25) is 0 Å². The Morgan fingerprint density at radius 2 is 1.70 bits per heavy atom. The molecule has 0 spiro atoms. The molecule has 12 heteroatoms. The van der Waals surface area contributed by atoms with Crippen LogP contribution in [0.1, 0.15) is 25.7 Å². The van der Waals surface area contributed by atoms with E-state index < -0.39 is 28.5 Å². The van der Waals surface area contributed by atoms with Crippen molar-refractivity contribution in [2.75, 3.05) is 19.6 Å². The molecule has 0 amide bonds. The van der Waals surface area contributed by atoms with Crippen LogP contribution in [0.3, 0.4) is 0 Å². The molecule has 1 unspecified atom stereocenters. The maximum atomic E-state index is 12.3. The number of hydrogen-bond acceptors (Lipinski definition) is 7. The molecule has 0 bridgehead atoms. The fourth-order valence-corrected chi connectivity index (χ4v) is 3.82. The van der Waals surface area contributed by atoms with Crippen LogP contribution in [-0.4, -0.2) is 56.5 Å². The number of halogens is 3. The lowest BCUT2D eigenvalue weighted by molar-refractivity contribution is -0.274. The lowest BCUT2D eigenvalue weighted by Gasteiger charge is -2.32. The van der Waals surface area contributed by atoms with Gasteiger partial charge in [-0.1, -0.05) is 0 Å². The number of nitrogens with zero attached hydrogens (tertiary/aromatic N) is 1. The molecule has 30 heavy (non-hydrogen) atoms. The first kappa shape index (κ1) is 22.4. The number of carbonyl (C=O) groups excluding carboxylic acids is 1. The maximum Gasteiger partial charge on any atom is 0.573 e. The van der Waals surface area contributed by atoms with E-state index in [9.17, 15) is 26.4 Å². The van der Waals surface area contributed by atoms with Gasteiger partial charge < -0.3 is 14.3 Å². The fourth-order valence-electron chi connectivity index (χ4n) is 3.27. The lowest BCUT2D eigenvalue weighted by Crippen LogP contribution is -2.43. The highest BCUT2D eigenvalue weighted by molar-refractivity contribution is 7.72.